The van der Waals surface area contributed by atoms with Gasteiger partial charge in [0.1, 0.15) is 18.5 Å². The number of urea groups is 1. The summed E-state index contributed by atoms with van der Waals surface area (Å²) in [5.41, 5.74) is -0.0243. The van der Waals surface area contributed by atoms with E-state index in [-0.39, 0.29) is 62.4 Å². The number of halogens is 4. The number of ether oxygens (including phenoxy) is 1. The van der Waals surface area contributed by atoms with E-state index in [1.807, 2.05) is 0 Å². The molecule has 0 spiro atoms. The van der Waals surface area contributed by atoms with Crippen LogP contribution in [-0.2, 0) is 9.53 Å². The molecule has 3 amide bonds. The Balaban J connectivity index is 1.37. The second-order valence-electron chi connectivity index (χ2n) is 8.06. The Morgan fingerprint density at radius 3 is 2.39 bits per heavy atom. The summed E-state index contributed by atoms with van der Waals surface area (Å²) in [6.07, 6.45) is -4.05. The molecule has 1 N–H and O–H groups in total. The molecule has 0 bridgehead atoms. The van der Waals surface area contributed by atoms with Crippen molar-refractivity contribution >= 4 is 11.9 Å². The molecule has 1 aromatic rings. The second kappa shape index (κ2) is 8.62. The predicted octanol–water partition coefficient (Wildman–Crippen LogP) is 1.76. The molecule has 170 valence electrons. The van der Waals surface area contributed by atoms with Crippen molar-refractivity contribution in [2.75, 3.05) is 45.9 Å². The Kier molecular flexibility index (Phi) is 6.07. The van der Waals surface area contributed by atoms with Crippen LogP contribution in [0.1, 0.15) is 18.0 Å². The van der Waals surface area contributed by atoms with E-state index in [0.717, 1.165) is 24.3 Å². The van der Waals surface area contributed by atoms with E-state index in [1.54, 1.807) is 9.80 Å². The number of carbonyl (C=O) groups is 2. The van der Waals surface area contributed by atoms with Gasteiger partial charge in [0.15, 0.2) is 0 Å². The molecule has 3 heterocycles. The van der Waals surface area contributed by atoms with Gasteiger partial charge >= 0.3 is 12.2 Å². The normalized spacial score (nSPS) is 26.3. The maximum Gasteiger partial charge on any atom is 0.408 e. The molecule has 4 rings (SSSR count). The first-order chi connectivity index (χ1) is 14.7. The van der Waals surface area contributed by atoms with E-state index < -0.39 is 18.0 Å². The molecule has 0 saturated carbocycles. The minimum Gasteiger partial charge on any atom is -0.366 e. The first-order valence-electron chi connectivity index (χ1n) is 10.2. The van der Waals surface area contributed by atoms with Crippen LogP contribution in [0.2, 0.25) is 0 Å². The molecule has 7 nitrogen and oxygen atoms in total. The quantitative estimate of drug-likeness (QED) is 0.707. The number of benzene rings is 1. The Morgan fingerprint density at radius 2 is 1.74 bits per heavy atom. The highest BCUT2D eigenvalue weighted by Crippen LogP contribution is 2.38. The molecule has 3 aliphatic rings. The number of nitrogens with one attached hydrogen (secondary N) is 1. The zero-order valence-electron chi connectivity index (χ0n) is 16.8. The van der Waals surface area contributed by atoms with Gasteiger partial charge in [-0.25, -0.2) is 9.18 Å². The maximum absolute atomic E-state index is 13.8. The van der Waals surface area contributed by atoms with Crippen molar-refractivity contribution in [3.63, 3.8) is 0 Å². The van der Waals surface area contributed by atoms with Crippen molar-refractivity contribution in [2.45, 2.75) is 30.8 Å². The SMILES string of the molecule is O=C1COC2CCN(C(=O)N3CCN(C(c4ccc(F)cc4)C(F)(F)F)CC3)CC2N1. The smallest absolute Gasteiger partial charge is 0.366 e. The molecular formula is C20H24F4N4O3. The summed E-state index contributed by atoms with van der Waals surface area (Å²) < 4.78 is 59.9. The topological polar surface area (TPSA) is 65.1 Å². The molecule has 3 aliphatic heterocycles. The van der Waals surface area contributed by atoms with Crippen LogP contribution in [-0.4, -0.2) is 90.8 Å². The lowest BCUT2D eigenvalue weighted by Crippen LogP contribution is -2.63. The fraction of sp³-hybridized carbons (Fsp3) is 0.600. The van der Waals surface area contributed by atoms with Gasteiger partial charge in [0, 0.05) is 39.3 Å². The van der Waals surface area contributed by atoms with Crippen molar-refractivity contribution in [3.05, 3.63) is 35.6 Å². The third-order valence-corrected chi connectivity index (χ3v) is 6.04. The number of piperidine rings is 1. The summed E-state index contributed by atoms with van der Waals surface area (Å²) in [6, 6.07) is 1.97. The third kappa shape index (κ3) is 4.77. The standard InChI is InChI=1S/C20H24F4N4O3/c21-14-3-1-13(2-4-14)18(20(22,23)24)26-7-9-27(10-8-26)19(30)28-6-5-16-15(11-28)25-17(29)12-31-16/h1-4,15-16,18H,5-12H2,(H,25,29). The van der Waals surface area contributed by atoms with E-state index in [1.165, 1.54) is 4.90 Å². The molecular weight excluding hydrogens is 420 g/mol. The molecule has 3 fully saturated rings. The molecule has 0 radical (unpaired) electrons. The molecule has 3 saturated heterocycles. The van der Waals surface area contributed by atoms with E-state index in [4.69, 9.17) is 4.74 Å². The average Bonchev–Trinajstić information content (AvgIpc) is 2.74. The monoisotopic (exact) mass is 444 g/mol. The lowest BCUT2D eigenvalue weighted by Gasteiger charge is -2.44. The number of hydrogen-bond donors (Lipinski definition) is 1. The fourth-order valence-electron chi connectivity index (χ4n) is 4.50. The van der Waals surface area contributed by atoms with E-state index in [0.29, 0.717) is 19.5 Å². The van der Waals surface area contributed by atoms with Crippen LogP contribution in [0.15, 0.2) is 24.3 Å². The van der Waals surface area contributed by atoms with Gasteiger partial charge in [0.25, 0.3) is 0 Å². The van der Waals surface area contributed by atoms with Gasteiger partial charge in [-0.05, 0) is 24.1 Å². The van der Waals surface area contributed by atoms with Crippen molar-refractivity contribution in [2.24, 2.45) is 0 Å². The number of amides is 3. The number of morpholine rings is 1. The number of likely N-dealkylation sites (tertiary alicyclic amines) is 1. The summed E-state index contributed by atoms with van der Waals surface area (Å²) in [6.45, 7) is 1.21. The average molecular weight is 444 g/mol. The number of rotatable bonds is 2. The molecule has 3 atom stereocenters. The Bertz CT molecular complexity index is 812. The molecule has 3 unspecified atom stereocenters. The van der Waals surface area contributed by atoms with Gasteiger partial charge in [-0.2, -0.15) is 13.2 Å². The third-order valence-electron chi connectivity index (χ3n) is 6.04. The van der Waals surface area contributed by atoms with Crippen LogP contribution in [0.4, 0.5) is 22.4 Å². The Hall–Kier alpha value is -2.40. The van der Waals surface area contributed by atoms with Crippen LogP contribution >= 0.6 is 0 Å². The Morgan fingerprint density at radius 1 is 1.06 bits per heavy atom. The van der Waals surface area contributed by atoms with Crippen LogP contribution < -0.4 is 5.32 Å². The summed E-state index contributed by atoms with van der Waals surface area (Å²) in [5, 5.41) is 2.83. The van der Waals surface area contributed by atoms with Crippen LogP contribution in [0.5, 0.6) is 0 Å². The highest BCUT2D eigenvalue weighted by Gasteiger charge is 2.46. The Labute approximate surface area is 176 Å². The van der Waals surface area contributed by atoms with Gasteiger partial charge < -0.3 is 19.9 Å². The lowest BCUT2D eigenvalue weighted by molar-refractivity contribution is -0.189. The number of carbonyl (C=O) groups excluding carboxylic acids is 2. The molecule has 31 heavy (non-hydrogen) atoms. The molecule has 0 aromatic heterocycles. The molecule has 11 heteroatoms. The summed E-state index contributed by atoms with van der Waals surface area (Å²) in [4.78, 5) is 28.9. The largest absolute Gasteiger partial charge is 0.408 e. The summed E-state index contributed by atoms with van der Waals surface area (Å²) in [7, 11) is 0. The number of piperazine rings is 1. The van der Waals surface area contributed by atoms with Crippen molar-refractivity contribution in [1.29, 1.82) is 0 Å². The first kappa shape index (κ1) is 21.8. The minimum absolute atomic E-state index is 0.0193. The van der Waals surface area contributed by atoms with E-state index in [9.17, 15) is 27.2 Å². The number of fused-ring (bicyclic) bond motifs is 1. The van der Waals surface area contributed by atoms with Crippen LogP contribution in [0.25, 0.3) is 0 Å². The predicted molar refractivity (Wildman–Crippen MR) is 102 cm³/mol. The van der Waals surface area contributed by atoms with Crippen molar-refractivity contribution < 1.29 is 31.9 Å². The molecule has 1 aromatic carbocycles. The van der Waals surface area contributed by atoms with Gasteiger partial charge in [0.2, 0.25) is 5.91 Å². The zero-order chi connectivity index (χ0) is 22.2. The second-order valence-corrected chi connectivity index (χ2v) is 8.06. The number of alkyl halides is 3. The van der Waals surface area contributed by atoms with E-state index in [2.05, 4.69) is 5.32 Å². The molecule has 0 aliphatic carbocycles. The number of nitrogens with zero attached hydrogens (tertiary/aromatic N) is 3. The summed E-state index contributed by atoms with van der Waals surface area (Å²) >= 11 is 0. The fourth-order valence-corrected chi connectivity index (χ4v) is 4.50. The maximum atomic E-state index is 13.8. The van der Waals surface area contributed by atoms with E-state index >= 15 is 0 Å². The summed E-state index contributed by atoms with van der Waals surface area (Å²) in [5.74, 6) is -0.813. The highest BCUT2D eigenvalue weighted by molar-refractivity contribution is 5.79. The zero-order valence-corrected chi connectivity index (χ0v) is 16.8. The van der Waals surface area contributed by atoms with Gasteiger partial charge in [0.05, 0.1) is 12.1 Å². The van der Waals surface area contributed by atoms with Crippen LogP contribution in [0.3, 0.4) is 0 Å². The number of hydrogen-bond acceptors (Lipinski definition) is 4. The van der Waals surface area contributed by atoms with Crippen LogP contribution in [0, 0.1) is 5.82 Å². The van der Waals surface area contributed by atoms with Crippen molar-refractivity contribution in [3.8, 4) is 0 Å². The minimum atomic E-state index is -4.52. The first-order valence-corrected chi connectivity index (χ1v) is 10.2. The van der Waals surface area contributed by atoms with Crippen molar-refractivity contribution in [1.82, 2.24) is 20.0 Å². The lowest BCUT2D eigenvalue weighted by atomic mass is 10.0. The highest BCUT2D eigenvalue weighted by atomic mass is 19.4. The van der Waals surface area contributed by atoms with Gasteiger partial charge in [-0.3, -0.25) is 9.69 Å². The van der Waals surface area contributed by atoms with Gasteiger partial charge in [-0.15, -0.1) is 0 Å². The van der Waals surface area contributed by atoms with Gasteiger partial charge in [-0.1, -0.05) is 12.1 Å².